The van der Waals surface area contributed by atoms with Gasteiger partial charge in [0.1, 0.15) is 0 Å². The van der Waals surface area contributed by atoms with E-state index in [2.05, 4.69) is 23.3 Å². The second-order valence-corrected chi connectivity index (χ2v) is 6.10. The number of piperidine rings is 2. The summed E-state index contributed by atoms with van der Waals surface area (Å²) in [6.07, 6.45) is 6.61. The molecule has 1 aromatic rings. The van der Waals surface area contributed by atoms with E-state index in [0.717, 1.165) is 22.8 Å². The van der Waals surface area contributed by atoms with Crippen LogP contribution in [0.1, 0.15) is 32.1 Å². The zero-order chi connectivity index (χ0) is 12.5. The van der Waals surface area contributed by atoms with Gasteiger partial charge in [-0.2, -0.15) is 0 Å². The van der Waals surface area contributed by atoms with Gasteiger partial charge in [0.15, 0.2) is 0 Å². The lowest BCUT2D eigenvalue weighted by molar-refractivity contribution is 0.0608. The number of nitrogens with zero attached hydrogens (tertiary/aromatic N) is 1. The van der Waals surface area contributed by atoms with Crippen LogP contribution in [0.5, 0.6) is 0 Å². The molecule has 98 valence electrons. The average Bonchev–Trinajstić information content (AvgIpc) is 2.33. The molecule has 1 N–H and O–H groups in total. The Labute approximate surface area is 114 Å². The Morgan fingerprint density at radius 1 is 1.17 bits per heavy atom. The molecule has 2 saturated heterocycles. The number of para-hydroxylation sites is 1. The van der Waals surface area contributed by atoms with Crippen LogP contribution in [0, 0.1) is 0 Å². The van der Waals surface area contributed by atoms with Gasteiger partial charge in [0.2, 0.25) is 0 Å². The molecule has 2 aliphatic heterocycles. The second-order valence-electron chi connectivity index (χ2n) is 5.70. The van der Waals surface area contributed by atoms with Crippen molar-refractivity contribution in [2.75, 3.05) is 12.4 Å². The van der Waals surface area contributed by atoms with Gasteiger partial charge in [0.05, 0.1) is 10.7 Å². The molecule has 0 aromatic heterocycles. The van der Waals surface area contributed by atoms with Gasteiger partial charge in [-0.25, -0.2) is 0 Å². The van der Waals surface area contributed by atoms with Gasteiger partial charge in [-0.3, -0.25) is 0 Å². The molecule has 2 bridgehead atoms. The van der Waals surface area contributed by atoms with Crippen molar-refractivity contribution >= 4 is 17.3 Å². The molecule has 2 nitrogen and oxygen atoms in total. The zero-order valence-electron chi connectivity index (χ0n) is 10.9. The lowest BCUT2D eigenvalue weighted by atomic mass is 9.82. The summed E-state index contributed by atoms with van der Waals surface area (Å²) >= 11 is 6.22. The van der Waals surface area contributed by atoms with Crippen LogP contribution < -0.4 is 5.32 Å². The van der Waals surface area contributed by atoms with Crippen LogP contribution in [-0.2, 0) is 0 Å². The van der Waals surface area contributed by atoms with E-state index in [0.29, 0.717) is 6.04 Å². The smallest absolute Gasteiger partial charge is 0.0637 e. The number of rotatable bonds is 2. The highest BCUT2D eigenvalue weighted by Crippen LogP contribution is 2.34. The third-order valence-electron chi connectivity index (χ3n) is 4.57. The lowest BCUT2D eigenvalue weighted by Crippen LogP contribution is -2.52. The Morgan fingerprint density at radius 2 is 1.83 bits per heavy atom. The monoisotopic (exact) mass is 264 g/mol. The van der Waals surface area contributed by atoms with E-state index in [4.69, 9.17) is 11.6 Å². The van der Waals surface area contributed by atoms with E-state index < -0.39 is 0 Å². The quantitative estimate of drug-likeness (QED) is 0.875. The maximum atomic E-state index is 6.22. The van der Waals surface area contributed by atoms with Crippen LogP contribution >= 0.6 is 11.6 Å². The maximum absolute atomic E-state index is 6.22. The molecule has 0 aliphatic carbocycles. The van der Waals surface area contributed by atoms with Crippen LogP contribution in [0.4, 0.5) is 5.69 Å². The van der Waals surface area contributed by atoms with E-state index in [1.54, 1.807) is 0 Å². The van der Waals surface area contributed by atoms with Gasteiger partial charge in [0, 0.05) is 18.1 Å². The van der Waals surface area contributed by atoms with Crippen molar-refractivity contribution in [3.8, 4) is 0 Å². The van der Waals surface area contributed by atoms with Gasteiger partial charge >= 0.3 is 0 Å². The van der Waals surface area contributed by atoms with Crippen LogP contribution in [0.25, 0.3) is 0 Å². The lowest BCUT2D eigenvalue weighted by Gasteiger charge is -2.47. The normalized spacial score (nSPS) is 32.2. The molecule has 2 heterocycles. The van der Waals surface area contributed by atoms with Crippen molar-refractivity contribution in [3.05, 3.63) is 29.3 Å². The van der Waals surface area contributed by atoms with Crippen LogP contribution in [0.2, 0.25) is 5.02 Å². The highest BCUT2D eigenvalue weighted by Gasteiger charge is 2.35. The summed E-state index contributed by atoms with van der Waals surface area (Å²) < 4.78 is 0. The molecule has 18 heavy (non-hydrogen) atoms. The zero-order valence-corrected chi connectivity index (χ0v) is 11.7. The summed E-state index contributed by atoms with van der Waals surface area (Å²) in [6.45, 7) is 0. The molecule has 0 radical (unpaired) electrons. The molecule has 2 unspecified atom stereocenters. The summed E-state index contributed by atoms with van der Waals surface area (Å²) in [4.78, 5) is 2.59. The minimum absolute atomic E-state index is 0.580. The molecule has 0 saturated carbocycles. The highest BCUT2D eigenvalue weighted by molar-refractivity contribution is 6.33. The van der Waals surface area contributed by atoms with Gasteiger partial charge in [-0.15, -0.1) is 0 Å². The molecular weight excluding hydrogens is 244 g/mol. The molecule has 3 atom stereocenters. The number of fused-ring (bicyclic) bond motifs is 2. The standard InChI is InChI=1S/C15H21ClN2/c1-18-12-5-4-6-13(18)10-11(9-12)17-15-8-3-2-7-14(15)16/h2-3,7-8,11-13,17H,4-6,9-10H2,1H3/t11?,12-,13?/m1/s1. The number of benzene rings is 1. The van der Waals surface area contributed by atoms with Gasteiger partial charge in [-0.05, 0) is 44.9 Å². The minimum Gasteiger partial charge on any atom is -0.381 e. The number of nitrogens with one attached hydrogen (secondary N) is 1. The van der Waals surface area contributed by atoms with Crippen molar-refractivity contribution < 1.29 is 0 Å². The molecule has 0 spiro atoms. The molecule has 0 amide bonds. The first kappa shape index (κ1) is 12.3. The number of anilines is 1. The predicted octanol–water partition coefficient (Wildman–Crippen LogP) is 3.77. The number of halogens is 1. The van der Waals surface area contributed by atoms with Crippen LogP contribution in [0.15, 0.2) is 24.3 Å². The second kappa shape index (κ2) is 5.10. The SMILES string of the molecule is CN1C2CCC[C@@H]1CC(Nc1ccccc1Cl)C2. The Hall–Kier alpha value is -0.730. The van der Waals surface area contributed by atoms with Gasteiger partial charge in [-0.1, -0.05) is 30.2 Å². The maximum Gasteiger partial charge on any atom is 0.0637 e. The molecule has 3 rings (SSSR count). The van der Waals surface area contributed by atoms with E-state index in [1.165, 1.54) is 32.1 Å². The Morgan fingerprint density at radius 3 is 2.50 bits per heavy atom. The first-order chi connectivity index (χ1) is 8.74. The fourth-order valence-corrected chi connectivity index (χ4v) is 3.72. The molecule has 2 aliphatic rings. The van der Waals surface area contributed by atoms with E-state index in [-0.39, 0.29) is 0 Å². The Bertz CT molecular complexity index is 407. The van der Waals surface area contributed by atoms with E-state index in [1.807, 2.05) is 18.2 Å². The van der Waals surface area contributed by atoms with Crippen molar-refractivity contribution in [2.45, 2.75) is 50.2 Å². The summed E-state index contributed by atoms with van der Waals surface area (Å²) in [5, 5.41) is 4.47. The average molecular weight is 265 g/mol. The van der Waals surface area contributed by atoms with Crippen molar-refractivity contribution in [1.29, 1.82) is 0 Å². The molecule has 2 fully saturated rings. The summed E-state index contributed by atoms with van der Waals surface area (Å²) in [5.41, 5.74) is 1.09. The Kier molecular flexibility index (Phi) is 3.49. The van der Waals surface area contributed by atoms with Crippen molar-refractivity contribution in [2.24, 2.45) is 0 Å². The fourth-order valence-electron chi connectivity index (χ4n) is 3.53. The third-order valence-corrected chi connectivity index (χ3v) is 4.90. The van der Waals surface area contributed by atoms with Crippen LogP contribution in [0.3, 0.4) is 0 Å². The third kappa shape index (κ3) is 2.36. The van der Waals surface area contributed by atoms with Crippen molar-refractivity contribution in [3.63, 3.8) is 0 Å². The van der Waals surface area contributed by atoms with Crippen molar-refractivity contribution in [1.82, 2.24) is 4.90 Å². The number of hydrogen-bond acceptors (Lipinski definition) is 2. The Balaban J connectivity index is 1.70. The first-order valence-electron chi connectivity index (χ1n) is 6.97. The fraction of sp³-hybridized carbons (Fsp3) is 0.600. The topological polar surface area (TPSA) is 15.3 Å². The summed E-state index contributed by atoms with van der Waals surface area (Å²) in [6, 6.07) is 10.2. The first-order valence-corrected chi connectivity index (χ1v) is 7.35. The molecule has 3 heteroatoms. The van der Waals surface area contributed by atoms with E-state index >= 15 is 0 Å². The largest absolute Gasteiger partial charge is 0.381 e. The summed E-state index contributed by atoms with van der Waals surface area (Å²) in [5.74, 6) is 0. The number of hydrogen-bond donors (Lipinski definition) is 1. The van der Waals surface area contributed by atoms with Gasteiger partial charge in [0.25, 0.3) is 0 Å². The minimum atomic E-state index is 0.580. The molecular formula is C15H21ClN2. The predicted molar refractivity (Wildman–Crippen MR) is 77.3 cm³/mol. The van der Waals surface area contributed by atoms with Gasteiger partial charge < -0.3 is 10.2 Å². The van der Waals surface area contributed by atoms with E-state index in [9.17, 15) is 0 Å². The van der Waals surface area contributed by atoms with Crippen LogP contribution in [-0.4, -0.2) is 30.1 Å². The highest BCUT2D eigenvalue weighted by atomic mass is 35.5. The summed E-state index contributed by atoms with van der Waals surface area (Å²) in [7, 11) is 2.29. The molecule has 1 aromatic carbocycles.